The van der Waals surface area contributed by atoms with E-state index >= 15 is 0 Å². The molecule has 2 unspecified atom stereocenters. The molecule has 2 amide bonds. The Hall–Kier alpha value is -3.04. The van der Waals surface area contributed by atoms with Gasteiger partial charge in [-0.2, -0.15) is 4.72 Å². The number of amides is 2. The van der Waals surface area contributed by atoms with Crippen molar-refractivity contribution < 1.29 is 22.8 Å². The van der Waals surface area contributed by atoms with Gasteiger partial charge in [0.05, 0.1) is 4.90 Å². The average Bonchev–Trinajstić information content (AvgIpc) is 2.82. The minimum atomic E-state index is -3.96. The van der Waals surface area contributed by atoms with E-state index in [9.17, 15) is 22.8 Å². The number of nitrogens with one attached hydrogen (secondary N) is 3. The van der Waals surface area contributed by atoms with Crippen LogP contribution < -0.4 is 15.4 Å². The second kappa shape index (κ2) is 10.7. The van der Waals surface area contributed by atoms with Gasteiger partial charge >= 0.3 is 0 Å². The van der Waals surface area contributed by atoms with E-state index in [1.54, 1.807) is 18.2 Å². The van der Waals surface area contributed by atoms with E-state index in [-0.39, 0.29) is 23.7 Å². The molecule has 2 bridgehead atoms. The summed E-state index contributed by atoms with van der Waals surface area (Å²) in [5.74, 6) is -2.19. The summed E-state index contributed by atoms with van der Waals surface area (Å²) in [5.41, 5.74) is 1.82. The zero-order chi connectivity index (χ0) is 24.0. The fraction of sp³-hybridized carbons (Fsp3) is 0.375. The molecule has 2 aromatic rings. The standard InChI is InChI=1S/C24H29N3O5S/c1-16(2)14-21(27-33(31,32)19-6-4-3-5-7-19)23(29)26-20-15-18-10-8-17(9-11-18)12-13-25-24(30)22(20)28/h3-11,16,20-21,27H,12-15H2,1-2H3,(H,25,30)(H,26,29). The first-order valence-electron chi connectivity index (χ1n) is 10.9. The van der Waals surface area contributed by atoms with Gasteiger partial charge in [-0.3, -0.25) is 14.4 Å². The van der Waals surface area contributed by atoms with E-state index in [0.717, 1.165) is 11.1 Å². The van der Waals surface area contributed by atoms with Crippen molar-refractivity contribution >= 4 is 27.6 Å². The molecule has 2 aliphatic heterocycles. The van der Waals surface area contributed by atoms with E-state index < -0.39 is 39.7 Å². The molecular formula is C24H29N3O5S. The minimum absolute atomic E-state index is 0.00155. The Balaban J connectivity index is 1.83. The molecule has 2 heterocycles. The van der Waals surface area contributed by atoms with Crippen LogP contribution in [0.4, 0.5) is 0 Å². The molecule has 176 valence electrons. The summed E-state index contributed by atoms with van der Waals surface area (Å²) in [6, 6.07) is 13.1. The molecule has 0 aliphatic carbocycles. The third-order valence-corrected chi connectivity index (χ3v) is 6.88. The van der Waals surface area contributed by atoms with E-state index in [1.807, 2.05) is 38.1 Å². The maximum absolute atomic E-state index is 13.2. The summed E-state index contributed by atoms with van der Waals surface area (Å²) in [5, 5.41) is 5.21. The van der Waals surface area contributed by atoms with Crippen LogP contribution in [0.2, 0.25) is 0 Å². The van der Waals surface area contributed by atoms with Gasteiger partial charge in [-0.05, 0) is 42.0 Å². The first-order valence-corrected chi connectivity index (χ1v) is 12.4. The molecule has 0 fully saturated rings. The third-order valence-electron chi connectivity index (χ3n) is 5.39. The van der Waals surface area contributed by atoms with E-state index in [0.29, 0.717) is 13.0 Å². The Bertz CT molecular complexity index is 1100. The molecule has 0 spiro atoms. The highest BCUT2D eigenvalue weighted by Gasteiger charge is 2.32. The first kappa shape index (κ1) is 24.6. The number of fused-ring (bicyclic) bond motifs is 8. The van der Waals surface area contributed by atoms with Gasteiger partial charge in [-0.1, -0.05) is 56.3 Å². The number of sulfonamides is 1. The number of Topliss-reactive ketones (excluding diaryl/α,β-unsaturated/α-hetero) is 1. The molecule has 9 heteroatoms. The molecular weight excluding hydrogens is 442 g/mol. The third kappa shape index (κ3) is 6.72. The monoisotopic (exact) mass is 471 g/mol. The van der Waals surface area contributed by atoms with Crippen molar-refractivity contribution in [3.05, 3.63) is 65.7 Å². The van der Waals surface area contributed by atoms with Crippen LogP contribution in [0, 0.1) is 5.92 Å². The fourth-order valence-corrected chi connectivity index (χ4v) is 4.89. The summed E-state index contributed by atoms with van der Waals surface area (Å²) in [4.78, 5) is 38.4. The lowest BCUT2D eigenvalue weighted by Crippen LogP contribution is -2.54. The summed E-state index contributed by atoms with van der Waals surface area (Å²) in [7, 11) is -3.96. The van der Waals surface area contributed by atoms with Crippen LogP contribution in [-0.4, -0.2) is 44.6 Å². The Labute approximate surface area is 194 Å². The molecule has 0 saturated heterocycles. The SMILES string of the molecule is CC(C)CC(NS(=O)(=O)c1ccccc1)C(=O)NC1Cc2ccc(cc2)CCNC(=O)C1=O. The van der Waals surface area contributed by atoms with E-state index in [4.69, 9.17) is 0 Å². The van der Waals surface area contributed by atoms with Crippen LogP contribution in [0.3, 0.4) is 0 Å². The number of carbonyl (C=O) groups is 3. The van der Waals surface area contributed by atoms with Crippen LogP contribution in [0.25, 0.3) is 0 Å². The fourth-order valence-electron chi connectivity index (χ4n) is 3.66. The lowest BCUT2D eigenvalue weighted by atomic mass is 9.99. The van der Waals surface area contributed by atoms with Crippen LogP contribution in [0.15, 0.2) is 59.5 Å². The van der Waals surface area contributed by atoms with Crippen molar-refractivity contribution in [2.24, 2.45) is 5.92 Å². The van der Waals surface area contributed by atoms with E-state index in [2.05, 4.69) is 15.4 Å². The Morgan fingerprint density at radius 2 is 1.67 bits per heavy atom. The van der Waals surface area contributed by atoms with Crippen molar-refractivity contribution in [3.8, 4) is 0 Å². The van der Waals surface area contributed by atoms with E-state index in [1.165, 1.54) is 12.1 Å². The topological polar surface area (TPSA) is 121 Å². The summed E-state index contributed by atoms with van der Waals surface area (Å²) >= 11 is 0. The summed E-state index contributed by atoms with van der Waals surface area (Å²) < 4.78 is 28.1. The molecule has 33 heavy (non-hydrogen) atoms. The smallest absolute Gasteiger partial charge is 0.289 e. The number of benzene rings is 2. The molecule has 2 atom stereocenters. The molecule has 3 N–H and O–H groups in total. The van der Waals surface area contributed by atoms with Crippen molar-refractivity contribution in [1.82, 2.24) is 15.4 Å². The molecule has 0 radical (unpaired) electrons. The Kier molecular flexibility index (Phi) is 7.99. The van der Waals surface area contributed by atoms with Gasteiger partial charge in [0.1, 0.15) is 12.1 Å². The highest BCUT2D eigenvalue weighted by molar-refractivity contribution is 7.89. The van der Waals surface area contributed by atoms with Crippen molar-refractivity contribution in [2.45, 2.75) is 50.1 Å². The van der Waals surface area contributed by atoms with Gasteiger partial charge in [0.15, 0.2) is 0 Å². The second-order valence-electron chi connectivity index (χ2n) is 8.57. The van der Waals surface area contributed by atoms with Crippen molar-refractivity contribution in [3.63, 3.8) is 0 Å². The van der Waals surface area contributed by atoms with Crippen LogP contribution in [0.1, 0.15) is 31.4 Å². The highest BCUT2D eigenvalue weighted by atomic mass is 32.2. The second-order valence-corrected chi connectivity index (χ2v) is 10.3. The quantitative estimate of drug-likeness (QED) is 0.527. The molecule has 4 rings (SSSR count). The predicted molar refractivity (Wildman–Crippen MR) is 124 cm³/mol. The van der Waals surface area contributed by atoms with Crippen molar-refractivity contribution in [2.75, 3.05) is 6.54 Å². The normalized spacial score (nSPS) is 17.8. The number of ketones is 1. The Morgan fingerprint density at radius 1 is 1.03 bits per heavy atom. The Morgan fingerprint density at radius 3 is 2.30 bits per heavy atom. The van der Waals surface area contributed by atoms with Crippen LogP contribution >= 0.6 is 0 Å². The van der Waals surface area contributed by atoms with Gasteiger partial charge < -0.3 is 10.6 Å². The lowest BCUT2D eigenvalue weighted by Gasteiger charge is -2.23. The van der Waals surface area contributed by atoms with Gasteiger partial charge in [-0.25, -0.2) is 8.42 Å². The molecule has 2 aromatic carbocycles. The molecule has 8 nitrogen and oxygen atoms in total. The van der Waals surface area contributed by atoms with Crippen LogP contribution in [0.5, 0.6) is 0 Å². The maximum Gasteiger partial charge on any atom is 0.289 e. The first-order chi connectivity index (χ1) is 15.7. The largest absolute Gasteiger partial charge is 0.349 e. The number of rotatable bonds is 7. The zero-order valence-electron chi connectivity index (χ0n) is 18.7. The number of carbonyl (C=O) groups excluding carboxylic acids is 3. The minimum Gasteiger partial charge on any atom is -0.349 e. The van der Waals surface area contributed by atoms with Gasteiger partial charge in [0.25, 0.3) is 5.91 Å². The average molecular weight is 472 g/mol. The predicted octanol–water partition coefficient (Wildman–Crippen LogP) is 1.35. The van der Waals surface area contributed by atoms with Gasteiger partial charge in [-0.15, -0.1) is 0 Å². The van der Waals surface area contributed by atoms with Crippen molar-refractivity contribution in [1.29, 1.82) is 0 Å². The van der Waals surface area contributed by atoms with Gasteiger partial charge in [0, 0.05) is 13.0 Å². The van der Waals surface area contributed by atoms with Crippen LogP contribution in [-0.2, 0) is 37.2 Å². The number of hydrogen-bond acceptors (Lipinski definition) is 5. The summed E-state index contributed by atoms with van der Waals surface area (Å²) in [6.07, 6.45) is 0.936. The molecule has 2 aliphatic rings. The number of hydrogen-bond donors (Lipinski definition) is 3. The maximum atomic E-state index is 13.2. The molecule has 0 saturated carbocycles. The zero-order valence-corrected chi connectivity index (χ0v) is 19.5. The highest BCUT2D eigenvalue weighted by Crippen LogP contribution is 2.14. The van der Waals surface area contributed by atoms with Gasteiger partial charge in [0.2, 0.25) is 21.7 Å². The molecule has 0 aromatic heterocycles. The summed E-state index contributed by atoms with van der Waals surface area (Å²) in [6.45, 7) is 4.03. The lowest BCUT2D eigenvalue weighted by molar-refractivity contribution is -0.140.